The van der Waals surface area contributed by atoms with Crippen LogP contribution in [0.4, 0.5) is 0 Å². The predicted molar refractivity (Wildman–Crippen MR) is 86.9 cm³/mol. The van der Waals surface area contributed by atoms with E-state index in [-0.39, 0.29) is 0 Å². The maximum absolute atomic E-state index is 5.77. The number of piperidine rings is 1. The molecule has 3 heteroatoms. The summed E-state index contributed by atoms with van der Waals surface area (Å²) in [5.41, 5.74) is 2.79. The van der Waals surface area contributed by atoms with Crippen molar-refractivity contribution in [3.8, 4) is 5.75 Å². The number of fused-ring (bicyclic) bond motifs is 1. The quantitative estimate of drug-likeness (QED) is 0.828. The van der Waals surface area contributed by atoms with Gasteiger partial charge in [-0.25, -0.2) is 0 Å². The van der Waals surface area contributed by atoms with Crippen molar-refractivity contribution < 1.29 is 4.74 Å². The molecule has 1 saturated heterocycles. The summed E-state index contributed by atoms with van der Waals surface area (Å²) in [5, 5.41) is 0. The molecule has 1 atom stereocenters. The van der Waals surface area contributed by atoms with Gasteiger partial charge in [-0.2, -0.15) is 0 Å². The van der Waals surface area contributed by atoms with Crippen molar-refractivity contribution in [3.05, 3.63) is 29.3 Å². The molecule has 1 aromatic carbocycles. The molecule has 3 rings (SSSR count). The van der Waals surface area contributed by atoms with Crippen LogP contribution in [0.25, 0.3) is 0 Å². The van der Waals surface area contributed by atoms with Crippen molar-refractivity contribution >= 4 is 0 Å². The Bertz CT molecular complexity index is 468. The SMILES string of the molecule is C[C@H]1Cc2cc(CN(C)CCN3CCCCC3)ccc2O1. The van der Waals surface area contributed by atoms with Crippen LogP contribution in [0.2, 0.25) is 0 Å². The Kier molecular flexibility index (Phi) is 4.81. The second kappa shape index (κ2) is 6.80. The second-order valence-electron chi connectivity index (χ2n) is 6.71. The molecule has 21 heavy (non-hydrogen) atoms. The molecule has 116 valence electrons. The molecule has 2 heterocycles. The van der Waals surface area contributed by atoms with Crippen molar-refractivity contribution in [2.45, 2.75) is 45.3 Å². The van der Waals surface area contributed by atoms with Gasteiger partial charge >= 0.3 is 0 Å². The predicted octanol–water partition coefficient (Wildman–Crippen LogP) is 2.93. The largest absolute Gasteiger partial charge is 0.490 e. The fraction of sp³-hybridized carbons (Fsp3) is 0.667. The van der Waals surface area contributed by atoms with Crippen molar-refractivity contribution in [2.24, 2.45) is 0 Å². The van der Waals surface area contributed by atoms with Gasteiger partial charge in [0.1, 0.15) is 11.9 Å². The Morgan fingerprint density at radius 1 is 1.24 bits per heavy atom. The van der Waals surface area contributed by atoms with Crippen molar-refractivity contribution in [1.82, 2.24) is 9.80 Å². The number of benzene rings is 1. The molecule has 2 aliphatic heterocycles. The Morgan fingerprint density at radius 2 is 2.05 bits per heavy atom. The minimum absolute atomic E-state index is 0.340. The van der Waals surface area contributed by atoms with Crippen molar-refractivity contribution in [1.29, 1.82) is 0 Å². The molecule has 0 N–H and O–H groups in total. The monoisotopic (exact) mass is 288 g/mol. The number of hydrogen-bond acceptors (Lipinski definition) is 3. The maximum atomic E-state index is 5.77. The number of nitrogens with zero attached hydrogens (tertiary/aromatic N) is 2. The highest BCUT2D eigenvalue weighted by Gasteiger charge is 2.19. The molecule has 1 fully saturated rings. The van der Waals surface area contributed by atoms with E-state index in [9.17, 15) is 0 Å². The zero-order chi connectivity index (χ0) is 14.7. The van der Waals surface area contributed by atoms with Gasteiger partial charge in [-0.15, -0.1) is 0 Å². The maximum Gasteiger partial charge on any atom is 0.123 e. The number of likely N-dealkylation sites (N-methyl/N-ethyl adjacent to an activating group) is 1. The Balaban J connectivity index is 1.48. The third kappa shape index (κ3) is 3.98. The van der Waals surface area contributed by atoms with Crippen molar-refractivity contribution in [3.63, 3.8) is 0 Å². The third-order valence-electron chi connectivity index (χ3n) is 4.66. The lowest BCUT2D eigenvalue weighted by Gasteiger charge is -2.28. The van der Waals surface area contributed by atoms with Crippen LogP contribution in [0.3, 0.4) is 0 Å². The van der Waals surface area contributed by atoms with Crippen molar-refractivity contribution in [2.75, 3.05) is 33.2 Å². The first kappa shape index (κ1) is 14.9. The smallest absolute Gasteiger partial charge is 0.123 e. The lowest BCUT2D eigenvalue weighted by Crippen LogP contribution is -2.36. The zero-order valence-corrected chi connectivity index (χ0v) is 13.5. The van der Waals surface area contributed by atoms with Gasteiger partial charge < -0.3 is 14.5 Å². The van der Waals surface area contributed by atoms with Gasteiger partial charge in [0, 0.05) is 26.1 Å². The first-order valence-corrected chi connectivity index (χ1v) is 8.40. The van der Waals surface area contributed by atoms with E-state index in [1.807, 2.05) is 0 Å². The van der Waals surface area contributed by atoms with E-state index in [4.69, 9.17) is 4.74 Å². The number of likely N-dealkylation sites (tertiary alicyclic amines) is 1. The van der Waals surface area contributed by atoms with Gasteiger partial charge in [-0.1, -0.05) is 18.6 Å². The van der Waals surface area contributed by atoms with Crippen LogP contribution in [-0.4, -0.2) is 49.1 Å². The third-order valence-corrected chi connectivity index (χ3v) is 4.66. The van der Waals surface area contributed by atoms with Gasteiger partial charge in [-0.05, 0) is 57.1 Å². The van der Waals surface area contributed by atoms with E-state index in [1.54, 1.807) is 0 Å². The van der Waals surface area contributed by atoms with E-state index in [1.165, 1.54) is 50.0 Å². The fourth-order valence-electron chi connectivity index (χ4n) is 3.46. The van der Waals surface area contributed by atoms with Crippen LogP contribution in [0.1, 0.15) is 37.3 Å². The summed E-state index contributed by atoms with van der Waals surface area (Å²) in [6.07, 6.45) is 5.58. The molecule has 0 saturated carbocycles. The number of rotatable bonds is 5. The summed E-state index contributed by atoms with van der Waals surface area (Å²) in [6, 6.07) is 6.69. The summed E-state index contributed by atoms with van der Waals surface area (Å²) < 4.78 is 5.77. The van der Waals surface area contributed by atoms with E-state index in [2.05, 4.69) is 42.0 Å². The van der Waals surface area contributed by atoms with Crippen LogP contribution in [0.5, 0.6) is 5.75 Å². The first-order chi connectivity index (χ1) is 10.2. The number of ether oxygens (including phenoxy) is 1. The van der Waals surface area contributed by atoms with Gasteiger partial charge in [0.25, 0.3) is 0 Å². The standard InChI is InChI=1S/C18H28N2O/c1-15-12-17-13-16(6-7-18(17)21-15)14-19(2)10-11-20-8-4-3-5-9-20/h6-7,13,15H,3-5,8-12,14H2,1-2H3/t15-/m0/s1. The molecule has 0 spiro atoms. The minimum atomic E-state index is 0.340. The molecular formula is C18H28N2O. The number of hydrogen-bond donors (Lipinski definition) is 0. The average Bonchev–Trinajstić information content (AvgIpc) is 2.85. The van der Waals surface area contributed by atoms with Crippen LogP contribution in [0.15, 0.2) is 18.2 Å². The molecule has 2 aliphatic rings. The van der Waals surface area contributed by atoms with Gasteiger partial charge in [0.15, 0.2) is 0 Å². The molecule has 0 amide bonds. The Hall–Kier alpha value is -1.06. The summed E-state index contributed by atoms with van der Waals surface area (Å²) in [6.45, 7) is 8.13. The first-order valence-electron chi connectivity index (χ1n) is 8.40. The van der Waals surface area contributed by atoms with E-state index in [0.717, 1.165) is 25.3 Å². The lowest BCUT2D eigenvalue weighted by molar-refractivity contribution is 0.194. The Labute approximate surface area is 128 Å². The molecule has 0 bridgehead atoms. The van der Waals surface area contributed by atoms with Crippen LogP contribution in [-0.2, 0) is 13.0 Å². The molecular weight excluding hydrogens is 260 g/mol. The van der Waals surface area contributed by atoms with E-state index < -0.39 is 0 Å². The summed E-state index contributed by atoms with van der Waals surface area (Å²) in [7, 11) is 2.23. The lowest BCUT2D eigenvalue weighted by atomic mass is 10.1. The highest BCUT2D eigenvalue weighted by Crippen LogP contribution is 2.29. The summed E-state index contributed by atoms with van der Waals surface area (Å²) in [5.74, 6) is 1.09. The average molecular weight is 288 g/mol. The summed E-state index contributed by atoms with van der Waals surface area (Å²) >= 11 is 0. The van der Waals surface area contributed by atoms with Crippen LogP contribution in [0, 0.1) is 0 Å². The second-order valence-corrected chi connectivity index (χ2v) is 6.71. The molecule has 1 aromatic rings. The van der Waals surface area contributed by atoms with Crippen LogP contribution >= 0.6 is 0 Å². The normalized spacial score (nSPS) is 22.3. The van der Waals surface area contributed by atoms with E-state index in [0.29, 0.717) is 6.10 Å². The Morgan fingerprint density at radius 3 is 2.86 bits per heavy atom. The highest BCUT2D eigenvalue weighted by molar-refractivity contribution is 5.40. The molecule has 0 unspecified atom stereocenters. The fourth-order valence-corrected chi connectivity index (χ4v) is 3.46. The molecule has 0 radical (unpaired) electrons. The molecule has 0 aromatic heterocycles. The van der Waals surface area contributed by atoms with Gasteiger partial charge in [0.05, 0.1) is 0 Å². The van der Waals surface area contributed by atoms with E-state index >= 15 is 0 Å². The summed E-state index contributed by atoms with van der Waals surface area (Å²) in [4.78, 5) is 5.05. The molecule has 3 nitrogen and oxygen atoms in total. The minimum Gasteiger partial charge on any atom is -0.490 e. The van der Waals surface area contributed by atoms with Crippen LogP contribution < -0.4 is 4.74 Å². The zero-order valence-electron chi connectivity index (χ0n) is 13.5. The topological polar surface area (TPSA) is 15.7 Å². The highest BCUT2D eigenvalue weighted by atomic mass is 16.5. The van der Waals surface area contributed by atoms with Gasteiger partial charge in [-0.3, -0.25) is 0 Å². The van der Waals surface area contributed by atoms with Gasteiger partial charge in [0.2, 0.25) is 0 Å². The molecule has 0 aliphatic carbocycles.